The summed E-state index contributed by atoms with van der Waals surface area (Å²) in [5, 5.41) is 3.51. The topological polar surface area (TPSA) is 93.4 Å². The van der Waals surface area contributed by atoms with Gasteiger partial charge in [-0.1, -0.05) is 30.3 Å². The van der Waals surface area contributed by atoms with Crippen molar-refractivity contribution >= 4 is 5.91 Å². The number of carbonyl (C=O) groups excluding carboxylic acids is 1. The van der Waals surface area contributed by atoms with E-state index < -0.39 is 5.91 Å². The Hall–Kier alpha value is -2.35. The predicted molar refractivity (Wildman–Crippen MR) is 94.1 cm³/mol. The zero-order valence-corrected chi connectivity index (χ0v) is 14.1. The molecule has 1 aliphatic rings. The lowest BCUT2D eigenvalue weighted by atomic mass is 10.1. The largest absolute Gasteiger partial charge is 0.379 e. The summed E-state index contributed by atoms with van der Waals surface area (Å²) in [6.07, 6.45) is 1.57. The first-order chi connectivity index (χ1) is 12.2. The summed E-state index contributed by atoms with van der Waals surface area (Å²) in [7, 11) is 0. The van der Waals surface area contributed by atoms with Gasteiger partial charge < -0.3 is 15.8 Å². The number of amides is 1. The van der Waals surface area contributed by atoms with Gasteiger partial charge in [-0.05, 0) is 11.6 Å². The quantitative estimate of drug-likeness (QED) is 0.765. The number of morpholine rings is 1. The molecule has 3 rings (SSSR count). The standard InChI is InChI=1S/C18H23N5O2/c19-17(24)15-6-7-21-18(22-15)16(14-4-2-1-3-5-14)20-8-9-23-10-12-25-13-11-23/h1-7,16,20H,8-13H2,(H2,19,24). The maximum Gasteiger partial charge on any atom is 0.267 e. The molecular formula is C18H23N5O2. The number of benzene rings is 1. The number of hydrogen-bond donors (Lipinski definition) is 2. The number of primary amides is 1. The van der Waals surface area contributed by atoms with Gasteiger partial charge in [0.05, 0.1) is 19.3 Å². The smallest absolute Gasteiger partial charge is 0.267 e. The molecule has 2 heterocycles. The van der Waals surface area contributed by atoms with Gasteiger partial charge in [-0.2, -0.15) is 0 Å². The monoisotopic (exact) mass is 341 g/mol. The number of nitrogens with two attached hydrogens (primary N) is 1. The first-order valence-electron chi connectivity index (χ1n) is 8.45. The van der Waals surface area contributed by atoms with E-state index in [0.29, 0.717) is 5.82 Å². The summed E-state index contributed by atoms with van der Waals surface area (Å²) >= 11 is 0. The van der Waals surface area contributed by atoms with Crippen molar-refractivity contribution in [3.63, 3.8) is 0 Å². The first kappa shape index (κ1) is 17.5. The highest BCUT2D eigenvalue weighted by Crippen LogP contribution is 2.18. The van der Waals surface area contributed by atoms with Crippen molar-refractivity contribution in [2.75, 3.05) is 39.4 Å². The number of aromatic nitrogens is 2. The van der Waals surface area contributed by atoms with Crippen LogP contribution in [0.25, 0.3) is 0 Å². The maximum absolute atomic E-state index is 11.4. The molecule has 1 atom stereocenters. The van der Waals surface area contributed by atoms with Gasteiger partial charge in [-0.25, -0.2) is 9.97 Å². The lowest BCUT2D eigenvalue weighted by molar-refractivity contribution is 0.0382. The molecule has 1 fully saturated rings. The van der Waals surface area contributed by atoms with Gasteiger partial charge in [-0.15, -0.1) is 0 Å². The van der Waals surface area contributed by atoms with Crippen molar-refractivity contribution in [2.45, 2.75) is 6.04 Å². The van der Waals surface area contributed by atoms with Crippen molar-refractivity contribution in [3.05, 3.63) is 59.7 Å². The van der Waals surface area contributed by atoms with Gasteiger partial charge >= 0.3 is 0 Å². The van der Waals surface area contributed by atoms with Crippen LogP contribution < -0.4 is 11.1 Å². The van der Waals surface area contributed by atoms with Crippen LogP contribution in [0.1, 0.15) is 27.9 Å². The molecule has 7 heteroatoms. The molecule has 1 aromatic carbocycles. The lowest BCUT2D eigenvalue weighted by Gasteiger charge is -2.27. The highest BCUT2D eigenvalue weighted by molar-refractivity contribution is 5.90. The highest BCUT2D eigenvalue weighted by Gasteiger charge is 2.18. The van der Waals surface area contributed by atoms with Crippen molar-refractivity contribution < 1.29 is 9.53 Å². The summed E-state index contributed by atoms with van der Waals surface area (Å²) in [6, 6.07) is 11.3. The number of rotatable bonds is 7. The fourth-order valence-electron chi connectivity index (χ4n) is 2.85. The summed E-state index contributed by atoms with van der Waals surface area (Å²) < 4.78 is 5.38. The zero-order chi connectivity index (χ0) is 17.5. The fraction of sp³-hybridized carbons (Fsp3) is 0.389. The highest BCUT2D eigenvalue weighted by atomic mass is 16.5. The first-order valence-corrected chi connectivity index (χ1v) is 8.45. The van der Waals surface area contributed by atoms with E-state index in [2.05, 4.69) is 20.2 Å². The summed E-state index contributed by atoms with van der Waals surface area (Å²) in [5.41, 5.74) is 6.62. The minimum absolute atomic E-state index is 0.193. The van der Waals surface area contributed by atoms with Gasteiger partial charge in [-0.3, -0.25) is 9.69 Å². The molecule has 7 nitrogen and oxygen atoms in total. The fourth-order valence-corrected chi connectivity index (χ4v) is 2.85. The van der Waals surface area contributed by atoms with Crippen LogP contribution in [-0.2, 0) is 4.74 Å². The Morgan fingerprint density at radius 2 is 2.00 bits per heavy atom. The number of carbonyl (C=O) groups is 1. The minimum Gasteiger partial charge on any atom is -0.379 e. The number of nitrogens with zero attached hydrogens (tertiary/aromatic N) is 3. The van der Waals surface area contributed by atoms with E-state index in [9.17, 15) is 4.79 Å². The van der Waals surface area contributed by atoms with Crippen LogP contribution in [-0.4, -0.2) is 60.2 Å². The Kier molecular flexibility index (Phi) is 6.05. The van der Waals surface area contributed by atoms with Crippen LogP contribution in [0.15, 0.2) is 42.6 Å². The number of nitrogens with one attached hydrogen (secondary N) is 1. The number of ether oxygens (including phenoxy) is 1. The molecular weight excluding hydrogens is 318 g/mol. The van der Waals surface area contributed by atoms with Gasteiger partial charge in [0.15, 0.2) is 5.82 Å². The minimum atomic E-state index is -0.552. The van der Waals surface area contributed by atoms with E-state index in [-0.39, 0.29) is 11.7 Å². The molecule has 1 aliphatic heterocycles. The molecule has 2 aromatic rings. The SMILES string of the molecule is NC(=O)c1ccnc(C(NCCN2CCOCC2)c2ccccc2)n1. The van der Waals surface area contributed by atoms with Crippen LogP contribution in [0.3, 0.4) is 0 Å². The molecule has 0 saturated carbocycles. The second-order valence-corrected chi connectivity index (χ2v) is 5.92. The van der Waals surface area contributed by atoms with Gasteiger partial charge in [0.2, 0.25) is 0 Å². The molecule has 1 aromatic heterocycles. The van der Waals surface area contributed by atoms with Crippen molar-refractivity contribution in [1.82, 2.24) is 20.2 Å². The molecule has 25 heavy (non-hydrogen) atoms. The van der Waals surface area contributed by atoms with Gasteiger partial charge in [0.25, 0.3) is 5.91 Å². The molecule has 1 saturated heterocycles. The van der Waals surface area contributed by atoms with Crippen molar-refractivity contribution in [2.24, 2.45) is 5.73 Å². The van der Waals surface area contributed by atoms with E-state index in [0.717, 1.165) is 45.0 Å². The lowest BCUT2D eigenvalue weighted by Crippen LogP contribution is -2.41. The van der Waals surface area contributed by atoms with E-state index in [1.54, 1.807) is 6.20 Å². The Morgan fingerprint density at radius 3 is 2.72 bits per heavy atom. The molecule has 1 amide bonds. The van der Waals surface area contributed by atoms with E-state index >= 15 is 0 Å². The van der Waals surface area contributed by atoms with Crippen LogP contribution >= 0.6 is 0 Å². The summed E-state index contributed by atoms with van der Waals surface area (Å²) in [4.78, 5) is 22.5. The Labute approximate surface area is 147 Å². The second kappa shape index (κ2) is 8.66. The molecule has 1 unspecified atom stereocenters. The Morgan fingerprint density at radius 1 is 1.24 bits per heavy atom. The maximum atomic E-state index is 11.4. The number of hydrogen-bond acceptors (Lipinski definition) is 6. The molecule has 3 N–H and O–H groups in total. The van der Waals surface area contributed by atoms with Crippen LogP contribution in [0.4, 0.5) is 0 Å². The summed E-state index contributed by atoms with van der Waals surface area (Å²) in [6.45, 7) is 5.17. The molecule has 132 valence electrons. The average molecular weight is 341 g/mol. The van der Waals surface area contributed by atoms with Crippen LogP contribution in [0.2, 0.25) is 0 Å². The van der Waals surface area contributed by atoms with Gasteiger partial charge in [0.1, 0.15) is 5.69 Å². The summed E-state index contributed by atoms with van der Waals surface area (Å²) in [5.74, 6) is -0.00624. The Balaban J connectivity index is 1.73. The average Bonchev–Trinajstić information content (AvgIpc) is 2.67. The molecule has 0 aliphatic carbocycles. The van der Waals surface area contributed by atoms with E-state index in [4.69, 9.17) is 10.5 Å². The van der Waals surface area contributed by atoms with Crippen molar-refractivity contribution in [3.8, 4) is 0 Å². The molecule has 0 spiro atoms. The third-order valence-electron chi connectivity index (χ3n) is 4.20. The molecule has 0 bridgehead atoms. The van der Waals surface area contributed by atoms with E-state index in [1.807, 2.05) is 30.3 Å². The third-order valence-corrected chi connectivity index (χ3v) is 4.20. The van der Waals surface area contributed by atoms with Gasteiger partial charge in [0, 0.05) is 32.4 Å². The second-order valence-electron chi connectivity index (χ2n) is 5.92. The zero-order valence-electron chi connectivity index (χ0n) is 14.1. The predicted octanol–water partition coefficient (Wildman–Crippen LogP) is 0.587. The third kappa shape index (κ3) is 4.82. The van der Waals surface area contributed by atoms with Crippen molar-refractivity contribution in [1.29, 1.82) is 0 Å². The van der Waals surface area contributed by atoms with E-state index in [1.165, 1.54) is 6.07 Å². The van der Waals surface area contributed by atoms with Crippen LogP contribution in [0, 0.1) is 0 Å². The molecule has 0 radical (unpaired) electrons. The Bertz CT molecular complexity index is 689. The normalized spacial score (nSPS) is 16.5. The van der Waals surface area contributed by atoms with Crippen LogP contribution in [0.5, 0.6) is 0 Å².